The summed E-state index contributed by atoms with van der Waals surface area (Å²) in [6.07, 6.45) is 0. The lowest BCUT2D eigenvalue weighted by Crippen LogP contribution is -2.36. The van der Waals surface area contributed by atoms with Crippen LogP contribution in [-0.4, -0.2) is 48.5 Å². The van der Waals surface area contributed by atoms with Gasteiger partial charge in [-0.2, -0.15) is 4.79 Å². The van der Waals surface area contributed by atoms with E-state index >= 15 is 0 Å². The average molecular weight is 171 g/mol. The van der Waals surface area contributed by atoms with Crippen LogP contribution in [0.1, 0.15) is 0 Å². The molecule has 6 nitrogen and oxygen atoms in total. The van der Waals surface area contributed by atoms with Gasteiger partial charge in [0.1, 0.15) is 0 Å². The van der Waals surface area contributed by atoms with Crippen LogP contribution in [0.3, 0.4) is 0 Å². The van der Waals surface area contributed by atoms with Crippen molar-refractivity contribution in [3.63, 3.8) is 0 Å². The Morgan fingerprint density at radius 1 is 1.42 bits per heavy atom. The number of carbonyl (C=O) groups is 2. The molecule has 0 aliphatic carbocycles. The van der Waals surface area contributed by atoms with E-state index in [9.17, 15) is 9.59 Å². The van der Waals surface area contributed by atoms with Crippen molar-refractivity contribution in [1.29, 1.82) is 0 Å². The average Bonchev–Trinajstić information content (AvgIpc) is 2.05. The number of carbonyl (C=O) groups excluding carboxylic acids is 2. The molecule has 0 aromatic heterocycles. The summed E-state index contributed by atoms with van der Waals surface area (Å²) in [5.41, 5.74) is 7.65. The minimum Gasteiger partial charge on any atom is -0.460 e. The Labute approximate surface area is 69.3 Å². The standard InChI is InChI=1S/C6H9N3O3/c1-9(2)5(10)4(8-7)6(11)12-3/h1-3H3. The van der Waals surface area contributed by atoms with E-state index in [1.807, 2.05) is 0 Å². The summed E-state index contributed by atoms with van der Waals surface area (Å²) in [6.45, 7) is 0. The van der Waals surface area contributed by atoms with Gasteiger partial charge in [-0.25, -0.2) is 4.79 Å². The molecule has 0 N–H and O–H groups in total. The lowest BCUT2D eigenvalue weighted by molar-refractivity contribution is -0.141. The third-order valence-corrected chi connectivity index (χ3v) is 1.09. The summed E-state index contributed by atoms with van der Waals surface area (Å²) < 4.78 is 4.20. The number of hydrogen-bond donors (Lipinski definition) is 0. The largest absolute Gasteiger partial charge is 0.463 e. The Morgan fingerprint density at radius 2 is 1.92 bits per heavy atom. The molecular formula is C6H9N3O3. The van der Waals surface area contributed by atoms with Gasteiger partial charge in [-0.3, -0.25) is 4.79 Å². The van der Waals surface area contributed by atoms with Gasteiger partial charge in [0.15, 0.2) is 0 Å². The molecule has 0 aliphatic rings. The predicted octanol–water partition coefficient (Wildman–Crippen LogP) is -1.08. The van der Waals surface area contributed by atoms with Crippen LogP contribution in [0.2, 0.25) is 0 Å². The summed E-state index contributed by atoms with van der Waals surface area (Å²) in [5, 5.41) is 0. The van der Waals surface area contributed by atoms with Gasteiger partial charge in [0, 0.05) is 14.1 Å². The van der Waals surface area contributed by atoms with Crippen LogP contribution in [0.15, 0.2) is 0 Å². The molecule has 0 rings (SSSR count). The van der Waals surface area contributed by atoms with E-state index in [0.717, 1.165) is 12.0 Å². The van der Waals surface area contributed by atoms with Gasteiger partial charge in [0.2, 0.25) is 0 Å². The highest BCUT2D eigenvalue weighted by molar-refractivity contribution is 6.61. The molecule has 0 saturated carbocycles. The Kier molecular flexibility index (Phi) is 3.66. The van der Waals surface area contributed by atoms with Crippen LogP contribution in [0.25, 0.3) is 5.53 Å². The lowest BCUT2D eigenvalue weighted by atomic mass is 10.3. The Bertz CT molecular complexity index is 253. The Morgan fingerprint density at radius 3 is 2.17 bits per heavy atom. The lowest BCUT2D eigenvalue weighted by Gasteiger charge is -2.04. The van der Waals surface area contributed by atoms with E-state index < -0.39 is 17.6 Å². The van der Waals surface area contributed by atoms with Gasteiger partial charge in [-0.15, -0.1) is 0 Å². The molecule has 0 heterocycles. The smallest absolute Gasteiger partial charge is 0.460 e. The van der Waals surface area contributed by atoms with Crippen LogP contribution < -0.4 is 0 Å². The van der Waals surface area contributed by atoms with Crippen LogP contribution in [-0.2, 0) is 14.3 Å². The Balaban J connectivity index is 4.72. The normalized spacial score (nSPS) is 8.25. The highest BCUT2D eigenvalue weighted by Crippen LogP contribution is 1.84. The molecule has 0 fully saturated rings. The first-order valence-corrected chi connectivity index (χ1v) is 3.06. The molecular weight excluding hydrogens is 162 g/mol. The van der Waals surface area contributed by atoms with Crippen molar-refractivity contribution in [2.24, 2.45) is 0 Å². The zero-order valence-electron chi connectivity index (χ0n) is 7.07. The number of methoxy groups -OCH3 is 1. The van der Waals surface area contributed by atoms with Crippen molar-refractivity contribution in [1.82, 2.24) is 4.90 Å². The number of esters is 1. The maximum absolute atomic E-state index is 11.0. The molecule has 0 unspecified atom stereocenters. The van der Waals surface area contributed by atoms with E-state index in [1.54, 1.807) is 0 Å². The maximum Gasteiger partial charge on any atom is 0.463 e. The van der Waals surface area contributed by atoms with Crippen LogP contribution in [0.5, 0.6) is 0 Å². The SMILES string of the molecule is COC(=O)C(=[N+]=[N-])C(=O)N(C)C. The fourth-order valence-corrected chi connectivity index (χ4v) is 0.479. The minimum atomic E-state index is -0.962. The summed E-state index contributed by atoms with van der Waals surface area (Å²) >= 11 is 0. The first kappa shape index (κ1) is 10.3. The van der Waals surface area contributed by atoms with Crippen LogP contribution >= 0.6 is 0 Å². The van der Waals surface area contributed by atoms with Gasteiger partial charge in [0.25, 0.3) is 0 Å². The fourth-order valence-electron chi connectivity index (χ4n) is 0.479. The van der Waals surface area contributed by atoms with Crippen LogP contribution in [0.4, 0.5) is 0 Å². The van der Waals surface area contributed by atoms with Crippen molar-refractivity contribution in [3.05, 3.63) is 5.53 Å². The van der Waals surface area contributed by atoms with E-state index in [0.29, 0.717) is 0 Å². The molecule has 0 bridgehead atoms. The molecule has 66 valence electrons. The van der Waals surface area contributed by atoms with E-state index in [2.05, 4.69) is 9.53 Å². The number of nitrogens with zero attached hydrogens (tertiary/aromatic N) is 3. The Hall–Kier alpha value is -1.68. The second-order valence-corrected chi connectivity index (χ2v) is 2.14. The van der Waals surface area contributed by atoms with E-state index in [1.165, 1.54) is 14.1 Å². The number of rotatable bonds is 2. The van der Waals surface area contributed by atoms with Crippen molar-refractivity contribution in [2.45, 2.75) is 0 Å². The zero-order chi connectivity index (χ0) is 9.72. The maximum atomic E-state index is 11.0. The second-order valence-electron chi connectivity index (χ2n) is 2.14. The first-order valence-electron chi connectivity index (χ1n) is 3.06. The van der Waals surface area contributed by atoms with Gasteiger partial charge < -0.3 is 15.2 Å². The third kappa shape index (κ3) is 2.17. The number of hydrogen-bond acceptors (Lipinski definition) is 3. The molecule has 0 saturated heterocycles. The zero-order valence-corrected chi connectivity index (χ0v) is 7.07. The second kappa shape index (κ2) is 4.25. The quantitative estimate of drug-likeness (QED) is 0.174. The van der Waals surface area contributed by atoms with Crippen molar-refractivity contribution >= 4 is 17.6 Å². The highest BCUT2D eigenvalue weighted by atomic mass is 16.5. The molecule has 0 atom stereocenters. The summed E-state index contributed by atoms with van der Waals surface area (Å²) in [7, 11) is 3.95. The number of amides is 1. The predicted molar refractivity (Wildman–Crippen MR) is 39.3 cm³/mol. The topological polar surface area (TPSA) is 83.0 Å². The van der Waals surface area contributed by atoms with Gasteiger partial charge in [-0.05, 0) is 0 Å². The first-order chi connectivity index (χ1) is 5.54. The molecule has 6 heteroatoms. The molecule has 12 heavy (non-hydrogen) atoms. The fraction of sp³-hybridized carbons (Fsp3) is 0.500. The highest BCUT2D eigenvalue weighted by Gasteiger charge is 2.31. The van der Waals surface area contributed by atoms with Crippen molar-refractivity contribution in [3.8, 4) is 0 Å². The molecule has 0 spiro atoms. The van der Waals surface area contributed by atoms with E-state index in [-0.39, 0.29) is 0 Å². The third-order valence-electron chi connectivity index (χ3n) is 1.09. The van der Waals surface area contributed by atoms with E-state index in [4.69, 9.17) is 5.53 Å². The minimum absolute atomic E-state index is 0.637. The van der Waals surface area contributed by atoms with Gasteiger partial charge >= 0.3 is 17.6 Å². The summed E-state index contributed by atoms with van der Waals surface area (Å²) in [6, 6.07) is 0. The monoisotopic (exact) mass is 171 g/mol. The van der Waals surface area contributed by atoms with Gasteiger partial charge in [0.05, 0.1) is 7.11 Å². The summed E-state index contributed by atoms with van der Waals surface area (Å²) in [5.74, 6) is -1.67. The molecule has 0 aromatic carbocycles. The number of ether oxygens (including phenoxy) is 1. The van der Waals surface area contributed by atoms with Crippen molar-refractivity contribution < 1.29 is 19.1 Å². The van der Waals surface area contributed by atoms with Gasteiger partial charge in [-0.1, -0.05) is 0 Å². The summed E-state index contributed by atoms with van der Waals surface area (Å²) in [4.78, 5) is 25.4. The van der Waals surface area contributed by atoms with Crippen molar-refractivity contribution in [2.75, 3.05) is 21.2 Å². The molecule has 0 radical (unpaired) electrons. The van der Waals surface area contributed by atoms with Crippen LogP contribution in [0, 0.1) is 0 Å². The molecule has 0 aromatic rings. The molecule has 1 amide bonds. The molecule has 0 aliphatic heterocycles.